The Balaban J connectivity index is 1.62. The number of nitrogens with one attached hydrogen (secondary N) is 1. The number of aliphatic hydroxyl groups is 1. The Morgan fingerprint density at radius 3 is 2.91 bits per heavy atom. The van der Waals surface area contributed by atoms with E-state index in [9.17, 15) is 9.90 Å². The third-order valence-electron chi connectivity index (χ3n) is 3.86. The van der Waals surface area contributed by atoms with E-state index in [1.165, 1.54) is 16.9 Å². The van der Waals surface area contributed by atoms with Crippen molar-refractivity contribution < 1.29 is 9.90 Å². The lowest BCUT2D eigenvalue weighted by Crippen LogP contribution is -2.25. The maximum Gasteiger partial charge on any atom is 0.271 e. The van der Waals surface area contributed by atoms with Crippen molar-refractivity contribution in [2.75, 3.05) is 13.1 Å². The lowest BCUT2D eigenvalue weighted by Gasteiger charge is -2.17. The van der Waals surface area contributed by atoms with Gasteiger partial charge in [0.15, 0.2) is 0 Å². The van der Waals surface area contributed by atoms with E-state index in [4.69, 9.17) is 0 Å². The molecule has 2 aromatic rings. The fourth-order valence-corrected chi connectivity index (χ4v) is 3.20. The molecular weight excluding hydrogens is 298 g/mol. The van der Waals surface area contributed by atoms with Crippen LogP contribution in [0.25, 0.3) is 0 Å². The molecule has 1 saturated heterocycles. The smallest absolute Gasteiger partial charge is 0.271 e. The van der Waals surface area contributed by atoms with Crippen LogP contribution in [0.4, 0.5) is 0 Å². The van der Waals surface area contributed by atoms with Crippen LogP contribution in [0.1, 0.15) is 28.0 Å². The van der Waals surface area contributed by atoms with E-state index in [2.05, 4.69) is 21.3 Å². The molecule has 1 aromatic heterocycles. The summed E-state index contributed by atoms with van der Waals surface area (Å²) in [7, 11) is 0. The van der Waals surface area contributed by atoms with Crippen LogP contribution in [-0.4, -0.2) is 40.1 Å². The van der Waals surface area contributed by atoms with Gasteiger partial charge in [-0.25, -0.2) is 4.98 Å². The average molecular weight is 317 g/mol. The van der Waals surface area contributed by atoms with Gasteiger partial charge in [0.1, 0.15) is 5.69 Å². The van der Waals surface area contributed by atoms with Crippen molar-refractivity contribution in [2.45, 2.75) is 25.6 Å². The molecule has 1 aromatic carbocycles. The molecule has 22 heavy (non-hydrogen) atoms. The summed E-state index contributed by atoms with van der Waals surface area (Å²) >= 11 is 1.41. The highest BCUT2D eigenvalue weighted by Crippen LogP contribution is 2.16. The van der Waals surface area contributed by atoms with Gasteiger partial charge in [-0.2, -0.15) is 0 Å². The Kier molecular flexibility index (Phi) is 4.82. The molecule has 0 bridgehead atoms. The molecule has 0 radical (unpaired) electrons. The van der Waals surface area contributed by atoms with Crippen molar-refractivity contribution in [2.24, 2.45) is 0 Å². The molecule has 2 heterocycles. The van der Waals surface area contributed by atoms with Crippen molar-refractivity contribution in [3.8, 4) is 0 Å². The second kappa shape index (κ2) is 7.00. The Morgan fingerprint density at radius 2 is 2.23 bits per heavy atom. The molecule has 1 fully saturated rings. The maximum atomic E-state index is 12.0. The van der Waals surface area contributed by atoms with Crippen LogP contribution in [0.3, 0.4) is 0 Å². The highest BCUT2D eigenvalue weighted by molar-refractivity contribution is 7.07. The Labute approximate surface area is 133 Å². The lowest BCUT2D eigenvalue weighted by atomic mass is 10.1. The third-order valence-corrected chi connectivity index (χ3v) is 4.45. The molecule has 2 N–H and O–H groups in total. The van der Waals surface area contributed by atoms with Crippen LogP contribution in [0.15, 0.2) is 35.2 Å². The zero-order chi connectivity index (χ0) is 15.4. The third kappa shape index (κ3) is 3.71. The fraction of sp³-hybridized carbons (Fsp3) is 0.375. The SMILES string of the molecule is O=C(NCc1ccccc1CN1CC[C@H](O)C1)c1cscn1. The first-order chi connectivity index (χ1) is 10.7. The Morgan fingerprint density at radius 1 is 1.41 bits per heavy atom. The zero-order valence-corrected chi connectivity index (χ0v) is 13.1. The number of aromatic nitrogens is 1. The first-order valence-corrected chi connectivity index (χ1v) is 8.30. The summed E-state index contributed by atoms with van der Waals surface area (Å²) in [5.74, 6) is -0.146. The molecule has 3 rings (SSSR count). The van der Waals surface area contributed by atoms with Gasteiger partial charge in [-0.15, -0.1) is 11.3 Å². The molecule has 0 spiro atoms. The van der Waals surface area contributed by atoms with Gasteiger partial charge in [0.2, 0.25) is 0 Å². The standard InChI is InChI=1S/C16H19N3O2S/c20-14-5-6-19(9-14)8-13-4-2-1-3-12(13)7-17-16(21)15-10-22-11-18-15/h1-4,10-11,14,20H,5-9H2,(H,17,21)/t14-/m0/s1. The number of hydrogen-bond donors (Lipinski definition) is 2. The van der Waals surface area contributed by atoms with E-state index in [1.54, 1.807) is 10.9 Å². The summed E-state index contributed by atoms with van der Waals surface area (Å²) in [4.78, 5) is 18.2. The van der Waals surface area contributed by atoms with Crippen LogP contribution < -0.4 is 5.32 Å². The first kappa shape index (κ1) is 15.1. The molecule has 0 aliphatic carbocycles. The molecule has 1 aliphatic rings. The molecule has 5 nitrogen and oxygen atoms in total. The Bertz CT molecular complexity index is 630. The molecule has 1 amide bonds. The highest BCUT2D eigenvalue weighted by Gasteiger charge is 2.20. The minimum Gasteiger partial charge on any atom is -0.392 e. The van der Waals surface area contributed by atoms with E-state index < -0.39 is 0 Å². The number of nitrogens with zero attached hydrogens (tertiary/aromatic N) is 2. The number of amides is 1. The summed E-state index contributed by atoms with van der Waals surface area (Å²) in [6.45, 7) is 2.93. The summed E-state index contributed by atoms with van der Waals surface area (Å²) in [5.41, 5.74) is 4.41. The van der Waals surface area contributed by atoms with Crippen LogP contribution >= 0.6 is 11.3 Å². The van der Waals surface area contributed by atoms with Crippen molar-refractivity contribution in [3.63, 3.8) is 0 Å². The first-order valence-electron chi connectivity index (χ1n) is 7.36. The minimum absolute atomic E-state index is 0.146. The molecule has 0 unspecified atom stereocenters. The summed E-state index contributed by atoms with van der Waals surface area (Å²) in [5, 5.41) is 14.3. The van der Waals surface area contributed by atoms with Gasteiger partial charge in [-0.3, -0.25) is 9.69 Å². The number of carbonyl (C=O) groups is 1. The second-order valence-corrected chi connectivity index (χ2v) is 6.22. The van der Waals surface area contributed by atoms with Gasteiger partial charge < -0.3 is 10.4 Å². The number of likely N-dealkylation sites (tertiary alicyclic amines) is 1. The van der Waals surface area contributed by atoms with E-state index in [0.717, 1.165) is 31.6 Å². The predicted octanol–water partition coefficient (Wildman–Crippen LogP) is 1.64. The normalized spacial score (nSPS) is 18.5. The fourth-order valence-electron chi connectivity index (χ4n) is 2.67. The van der Waals surface area contributed by atoms with Gasteiger partial charge in [0, 0.05) is 31.6 Å². The van der Waals surface area contributed by atoms with Gasteiger partial charge in [-0.1, -0.05) is 24.3 Å². The number of benzene rings is 1. The summed E-state index contributed by atoms with van der Waals surface area (Å²) in [6.07, 6.45) is 0.624. The van der Waals surface area contributed by atoms with E-state index >= 15 is 0 Å². The van der Waals surface area contributed by atoms with E-state index in [-0.39, 0.29) is 12.0 Å². The van der Waals surface area contributed by atoms with Crippen LogP contribution in [0.2, 0.25) is 0 Å². The molecular formula is C16H19N3O2S. The van der Waals surface area contributed by atoms with Crippen molar-refractivity contribution in [1.82, 2.24) is 15.2 Å². The number of rotatable bonds is 5. The van der Waals surface area contributed by atoms with Crippen molar-refractivity contribution in [3.05, 3.63) is 52.0 Å². The van der Waals surface area contributed by atoms with Crippen LogP contribution in [-0.2, 0) is 13.1 Å². The van der Waals surface area contributed by atoms with Crippen LogP contribution in [0.5, 0.6) is 0 Å². The minimum atomic E-state index is -0.212. The quantitative estimate of drug-likeness (QED) is 0.880. The van der Waals surface area contributed by atoms with Gasteiger partial charge in [0.05, 0.1) is 11.6 Å². The number of thiazole rings is 1. The topological polar surface area (TPSA) is 65.5 Å². The van der Waals surface area contributed by atoms with Crippen LogP contribution in [0, 0.1) is 0 Å². The predicted molar refractivity (Wildman–Crippen MR) is 85.6 cm³/mol. The molecule has 6 heteroatoms. The number of hydrogen-bond acceptors (Lipinski definition) is 5. The molecule has 116 valence electrons. The summed E-state index contributed by atoms with van der Waals surface area (Å²) < 4.78 is 0. The van der Waals surface area contributed by atoms with Gasteiger partial charge >= 0.3 is 0 Å². The largest absolute Gasteiger partial charge is 0.392 e. The van der Waals surface area contributed by atoms with Gasteiger partial charge in [0.25, 0.3) is 5.91 Å². The molecule has 1 atom stereocenters. The zero-order valence-electron chi connectivity index (χ0n) is 12.2. The average Bonchev–Trinajstić information content (AvgIpc) is 3.18. The summed E-state index contributed by atoms with van der Waals surface area (Å²) in [6, 6.07) is 8.10. The monoisotopic (exact) mass is 317 g/mol. The highest BCUT2D eigenvalue weighted by atomic mass is 32.1. The number of aliphatic hydroxyl groups excluding tert-OH is 1. The molecule has 0 saturated carbocycles. The van der Waals surface area contributed by atoms with Crippen molar-refractivity contribution >= 4 is 17.2 Å². The number of β-amino-alcohol motifs (C(OH)–C–C–N with tert-alkyl or cyclic N) is 1. The van der Waals surface area contributed by atoms with E-state index in [1.807, 2.05) is 18.2 Å². The second-order valence-electron chi connectivity index (χ2n) is 5.50. The Hall–Kier alpha value is -1.76. The van der Waals surface area contributed by atoms with E-state index in [0.29, 0.717) is 12.2 Å². The maximum absolute atomic E-state index is 12.0. The number of carbonyl (C=O) groups excluding carboxylic acids is 1. The van der Waals surface area contributed by atoms with Crippen molar-refractivity contribution in [1.29, 1.82) is 0 Å². The van der Waals surface area contributed by atoms with Gasteiger partial charge in [-0.05, 0) is 17.5 Å². The lowest BCUT2D eigenvalue weighted by molar-refractivity contribution is 0.0946. The molecule has 1 aliphatic heterocycles.